The Kier molecular flexibility index (Phi) is 4.06. The average molecular weight is 230 g/mol. The number of nitrogens with one attached hydrogen (secondary N) is 1. The highest BCUT2D eigenvalue weighted by molar-refractivity contribution is 5.67. The first kappa shape index (κ1) is 12.7. The summed E-state index contributed by atoms with van der Waals surface area (Å²) in [6.45, 7) is 3.53. The van der Waals surface area contributed by atoms with Crippen LogP contribution in [0.15, 0.2) is 12.1 Å². The van der Waals surface area contributed by atoms with Gasteiger partial charge in [0.05, 0.1) is 11.4 Å². The van der Waals surface area contributed by atoms with E-state index in [1.165, 1.54) is 6.07 Å². The maximum atomic E-state index is 13.4. The Morgan fingerprint density at radius 2 is 2.00 bits per heavy atom. The maximum Gasteiger partial charge on any atom is 0.183 e. The van der Waals surface area contributed by atoms with Gasteiger partial charge in [-0.15, -0.1) is 0 Å². The second-order valence-corrected chi connectivity index (χ2v) is 3.92. The Morgan fingerprint density at radius 1 is 1.38 bits per heavy atom. The summed E-state index contributed by atoms with van der Waals surface area (Å²) in [5, 5.41) is 11.7. The van der Waals surface area contributed by atoms with Crippen LogP contribution in [0.25, 0.3) is 0 Å². The van der Waals surface area contributed by atoms with Crippen molar-refractivity contribution in [1.82, 2.24) is 0 Å². The molecule has 16 heavy (non-hydrogen) atoms. The predicted octanol–water partition coefficient (Wildman–Crippen LogP) is 1.98. The van der Waals surface area contributed by atoms with Crippen molar-refractivity contribution >= 4 is 11.4 Å². The van der Waals surface area contributed by atoms with Crippen LogP contribution in [0.1, 0.15) is 13.8 Å². The van der Waals surface area contributed by atoms with Crippen molar-refractivity contribution < 1.29 is 13.9 Å². The lowest BCUT2D eigenvalue weighted by molar-refractivity contribution is 0.226. The molecule has 0 fully saturated rings. The van der Waals surface area contributed by atoms with Gasteiger partial charge in [-0.3, -0.25) is 0 Å². The van der Waals surface area contributed by atoms with Crippen LogP contribution >= 0.6 is 0 Å². The van der Waals surface area contributed by atoms with E-state index in [1.54, 1.807) is 13.8 Å². The van der Waals surface area contributed by atoms with Crippen molar-refractivity contribution in [3.8, 4) is 0 Å². The molecule has 1 aromatic rings. The molecule has 2 unspecified atom stereocenters. The minimum absolute atomic E-state index is 0.0367. The van der Waals surface area contributed by atoms with Gasteiger partial charge in [-0.1, -0.05) is 6.92 Å². The van der Waals surface area contributed by atoms with E-state index in [0.717, 1.165) is 6.07 Å². The fraction of sp³-hybridized carbons (Fsp3) is 0.455. The van der Waals surface area contributed by atoms with Gasteiger partial charge < -0.3 is 16.2 Å². The Morgan fingerprint density at radius 3 is 2.56 bits per heavy atom. The van der Waals surface area contributed by atoms with Crippen LogP contribution in [0.4, 0.5) is 20.2 Å². The Balaban J connectivity index is 2.92. The molecule has 2 atom stereocenters. The maximum absolute atomic E-state index is 13.4. The molecule has 0 bridgehead atoms. The molecule has 0 amide bonds. The average Bonchev–Trinajstić information content (AvgIpc) is 2.28. The number of anilines is 2. The third-order valence-corrected chi connectivity index (χ3v) is 2.64. The molecule has 0 saturated heterocycles. The second kappa shape index (κ2) is 5.12. The molecule has 1 aromatic carbocycles. The summed E-state index contributed by atoms with van der Waals surface area (Å²) in [5.74, 6) is -2.01. The first-order chi connectivity index (χ1) is 7.47. The highest BCUT2D eigenvalue weighted by Crippen LogP contribution is 2.26. The predicted molar refractivity (Wildman–Crippen MR) is 60.1 cm³/mol. The number of aliphatic hydroxyl groups is 1. The molecule has 0 radical (unpaired) electrons. The molecular formula is C11H16F2N2O. The van der Waals surface area contributed by atoms with E-state index < -0.39 is 11.6 Å². The van der Waals surface area contributed by atoms with Gasteiger partial charge in [0.1, 0.15) is 0 Å². The first-order valence-corrected chi connectivity index (χ1v) is 5.08. The lowest BCUT2D eigenvalue weighted by atomic mass is 10.0. The van der Waals surface area contributed by atoms with Crippen molar-refractivity contribution in [3.63, 3.8) is 0 Å². The van der Waals surface area contributed by atoms with E-state index in [-0.39, 0.29) is 29.9 Å². The number of benzene rings is 1. The third kappa shape index (κ3) is 2.61. The normalized spacial score (nSPS) is 14.6. The number of hydrogen-bond donors (Lipinski definition) is 3. The summed E-state index contributed by atoms with van der Waals surface area (Å²) >= 11 is 0. The van der Waals surface area contributed by atoms with Crippen LogP contribution in [-0.2, 0) is 0 Å². The smallest absolute Gasteiger partial charge is 0.183 e. The second-order valence-electron chi connectivity index (χ2n) is 3.92. The molecule has 5 heteroatoms. The fourth-order valence-corrected chi connectivity index (χ4v) is 1.24. The van der Waals surface area contributed by atoms with Gasteiger partial charge in [0.25, 0.3) is 0 Å². The summed E-state index contributed by atoms with van der Waals surface area (Å²) in [5.41, 5.74) is 5.65. The Labute approximate surface area is 93.3 Å². The zero-order valence-corrected chi connectivity index (χ0v) is 9.30. The molecule has 3 nitrogen and oxygen atoms in total. The van der Waals surface area contributed by atoms with Gasteiger partial charge in [0.15, 0.2) is 11.6 Å². The molecular weight excluding hydrogens is 214 g/mol. The number of nitrogen functional groups attached to an aromatic ring is 1. The summed E-state index contributed by atoms with van der Waals surface area (Å²) < 4.78 is 26.4. The van der Waals surface area contributed by atoms with E-state index in [4.69, 9.17) is 10.8 Å². The van der Waals surface area contributed by atoms with Crippen LogP contribution in [0.3, 0.4) is 0 Å². The lowest BCUT2D eigenvalue weighted by Crippen LogP contribution is -2.27. The van der Waals surface area contributed by atoms with Crippen molar-refractivity contribution in [2.45, 2.75) is 19.9 Å². The molecule has 0 aromatic heterocycles. The zero-order valence-electron chi connectivity index (χ0n) is 9.30. The zero-order chi connectivity index (χ0) is 12.3. The van der Waals surface area contributed by atoms with Gasteiger partial charge in [0.2, 0.25) is 0 Å². The topological polar surface area (TPSA) is 58.3 Å². The van der Waals surface area contributed by atoms with E-state index in [1.807, 2.05) is 0 Å². The van der Waals surface area contributed by atoms with E-state index >= 15 is 0 Å². The molecule has 0 saturated carbocycles. The van der Waals surface area contributed by atoms with Gasteiger partial charge in [-0.2, -0.15) is 0 Å². The summed E-state index contributed by atoms with van der Waals surface area (Å²) in [6, 6.07) is 2.08. The van der Waals surface area contributed by atoms with Gasteiger partial charge in [-0.05, 0) is 25.0 Å². The van der Waals surface area contributed by atoms with E-state index in [2.05, 4.69) is 5.32 Å². The SMILES string of the molecule is CC(CO)C(C)Nc1c(N)ccc(F)c1F. The molecule has 0 aliphatic rings. The van der Waals surface area contributed by atoms with Crippen molar-refractivity contribution in [2.75, 3.05) is 17.7 Å². The minimum atomic E-state index is -0.989. The molecule has 0 heterocycles. The van der Waals surface area contributed by atoms with Crippen LogP contribution in [-0.4, -0.2) is 17.8 Å². The number of aliphatic hydroxyl groups excluding tert-OH is 1. The molecule has 0 aliphatic carbocycles. The van der Waals surface area contributed by atoms with Crippen LogP contribution in [0.2, 0.25) is 0 Å². The number of nitrogens with two attached hydrogens (primary N) is 1. The quantitative estimate of drug-likeness (QED) is 0.693. The highest BCUT2D eigenvalue weighted by Gasteiger charge is 2.17. The highest BCUT2D eigenvalue weighted by atomic mass is 19.2. The number of rotatable bonds is 4. The van der Waals surface area contributed by atoms with Gasteiger partial charge in [0, 0.05) is 12.6 Å². The van der Waals surface area contributed by atoms with Crippen LogP contribution in [0, 0.1) is 17.6 Å². The molecule has 0 spiro atoms. The number of halogens is 2. The monoisotopic (exact) mass is 230 g/mol. The van der Waals surface area contributed by atoms with Gasteiger partial charge in [-0.25, -0.2) is 8.78 Å². The van der Waals surface area contributed by atoms with Crippen LogP contribution < -0.4 is 11.1 Å². The summed E-state index contributed by atoms with van der Waals surface area (Å²) in [7, 11) is 0. The fourth-order valence-electron chi connectivity index (χ4n) is 1.24. The Hall–Kier alpha value is -1.36. The molecule has 1 rings (SSSR count). The van der Waals surface area contributed by atoms with Crippen molar-refractivity contribution in [1.29, 1.82) is 0 Å². The van der Waals surface area contributed by atoms with E-state index in [9.17, 15) is 8.78 Å². The molecule has 0 aliphatic heterocycles. The molecule has 4 N–H and O–H groups in total. The van der Waals surface area contributed by atoms with Gasteiger partial charge >= 0.3 is 0 Å². The lowest BCUT2D eigenvalue weighted by Gasteiger charge is -2.21. The standard InChI is InChI=1S/C11H16F2N2O/c1-6(5-16)7(2)15-11-9(14)4-3-8(12)10(11)13/h3-4,6-7,15-16H,5,14H2,1-2H3. The van der Waals surface area contributed by atoms with Crippen LogP contribution in [0.5, 0.6) is 0 Å². The molecule has 90 valence electrons. The third-order valence-electron chi connectivity index (χ3n) is 2.64. The van der Waals surface area contributed by atoms with Crippen molar-refractivity contribution in [2.24, 2.45) is 5.92 Å². The van der Waals surface area contributed by atoms with Crippen molar-refractivity contribution in [3.05, 3.63) is 23.8 Å². The number of hydrogen-bond acceptors (Lipinski definition) is 3. The largest absolute Gasteiger partial charge is 0.397 e. The minimum Gasteiger partial charge on any atom is -0.397 e. The van der Waals surface area contributed by atoms with E-state index in [0.29, 0.717) is 0 Å². The summed E-state index contributed by atoms with van der Waals surface area (Å²) in [4.78, 5) is 0. The summed E-state index contributed by atoms with van der Waals surface area (Å²) in [6.07, 6.45) is 0. The first-order valence-electron chi connectivity index (χ1n) is 5.08. The Bertz CT molecular complexity index is 371.